The van der Waals surface area contributed by atoms with E-state index in [-0.39, 0.29) is 11.3 Å². The maximum atomic E-state index is 11.7. The molecule has 2 aromatic carbocycles. The van der Waals surface area contributed by atoms with Crippen LogP contribution in [0.3, 0.4) is 0 Å². The molecule has 2 aromatic rings. The van der Waals surface area contributed by atoms with Crippen molar-refractivity contribution in [3.8, 4) is 11.5 Å². The van der Waals surface area contributed by atoms with Gasteiger partial charge in [0.15, 0.2) is 5.75 Å². The smallest absolute Gasteiger partial charge is 0.222 e. The van der Waals surface area contributed by atoms with Gasteiger partial charge < -0.3 is 10.1 Å². The van der Waals surface area contributed by atoms with Gasteiger partial charge in [-0.1, -0.05) is 31.5 Å². The first-order valence-corrected chi connectivity index (χ1v) is 9.43. The number of benzene rings is 2. The summed E-state index contributed by atoms with van der Waals surface area (Å²) in [6, 6.07) is 12.0. The number of hydrogen-bond donors (Lipinski definition) is 4. The molecule has 25 heavy (non-hydrogen) atoms. The highest BCUT2D eigenvalue weighted by Gasteiger charge is 2.16. The zero-order valence-corrected chi connectivity index (χ0v) is 15.5. The maximum Gasteiger partial charge on any atom is 0.222 e. The summed E-state index contributed by atoms with van der Waals surface area (Å²) in [6.45, 7) is 2.72. The Hall–Kier alpha value is -2.19. The molecule has 0 aromatic heterocycles. The second-order valence-corrected chi connectivity index (χ2v) is 6.41. The van der Waals surface area contributed by atoms with Crippen LogP contribution >= 0.6 is 12.6 Å². The van der Waals surface area contributed by atoms with Crippen LogP contribution in [0.2, 0.25) is 0 Å². The summed E-state index contributed by atoms with van der Waals surface area (Å²) in [7, 11) is -2.92. The van der Waals surface area contributed by atoms with Gasteiger partial charge in [0.1, 0.15) is 5.75 Å². The van der Waals surface area contributed by atoms with E-state index in [9.17, 15) is 13.2 Å². The summed E-state index contributed by atoms with van der Waals surface area (Å²) in [4.78, 5) is 11.7. The van der Waals surface area contributed by atoms with E-state index in [1.165, 1.54) is 6.07 Å². The molecular weight excluding hydrogens is 360 g/mol. The molecule has 0 aliphatic rings. The van der Waals surface area contributed by atoms with Gasteiger partial charge in [-0.3, -0.25) is 9.52 Å². The lowest BCUT2D eigenvalue weighted by atomic mass is 10.1. The molecule has 0 aliphatic heterocycles. The highest BCUT2D eigenvalue weighted by molar-refractivity contribution is 7.97. The van der Waals surface area contributed by atoms with E-state index < -0.39 is 16.0 Å². The van der Waals surface area contributed by atoms with Gasteiger partial charge >= 0.3 is 0 Å². The average molecular weight is 380 g/mol. The highest BCUT2D eigenvalue weighted by Crippen LogP contribution is 2.38. The third-order valence-corrected chi connectivity index (χ3v) is 4.04. The second-order valence-electron chi connectivity index (χ2n) is 5.27. The van der Waals surface area contributed by atoms with E-state index in [1.54, 1.807) is 18.2 Å². The van der Waals surface area contributed by atoms with Gasteiger partial charge in [0.25, 0.3) is 0 Å². The number of hydrogen-bond acceptors (Lipinski definition) is 5. The van der Waals surface area contributed by atoms with E-state index in [0.29, 0.717) is 23.7 Å². The minimum atomic E-state index is -2.92. The molecule has 0 spiro atoms. The number of thiol groups is 2. The van der Waals surface area contributed by atoms with Gasteiger partial charge in [-0.15, -0.1) is 12.6 Å². The maximum absolute atomic E-state index is 11.7. The zero-order chi connectivity index (χ0) is 18.2. The number of unbranched alkanes of at least 4 members (excludes halogenated alkanes) is 1. The molecule has 0 fully saturated rings. The standard InChI is InChI=1S/C17H20N2O4S2/c1-2-3-9-18-14-10-12(17(20)24)11-15(19-25(21)22)16(14)23-13-7-5-4-6-8-13/h4-8,10-11,18,25H,2-3,9H2,1H3,(H,20,24)(H,19,21,22). The van der Waals surface area contributed by atoms with E-state index in [1.807, 2.05) is 18.2 Å². The quantitative estimate of drug-likeness (QED) is 0.394. The van der Waals surface area contributed by atoms with Gasteiger partial charge in [-0.2, -0.15) is 0 Å². The normalized spacial score (nSPS) is 10.5. The fourth-order valence-electron chi connectivity index (χ4n) is 2.18. The first-order valence-electron chi connectivity index (χ1n) is 7.80. The Labute approximate surface area is 154 Å². The molecule has 0 saturated heterocycles. The fraction of sp³-hybridized carbons (Fsp3) is 0.235. The van der Waals surface area contributed by atoms with Crippen molar-refractivity contribution in [3.63, 3.8) is 0 Å². The van der Waals surface area contributed by atoms with Crippen LogP contribution in [0.25, 0.3) is 0 Å². The van der Waals surface area contributed by atoms with Crippen molar-refractivity contribution in [2.75, 3.05) is 16.6 Å². The van der Waals surface area contributed by atoms with Crippen LogP contribution in [-0.2, 0) is 10.9 Å². The molecular formula is C17H20N2O4S2. The first-order chi connectivity index (χ1) is 12.0. The third-order valence-electron chi connectivity index (χ3n) is 3.36. The Bertz CT molecular complexity index is 800. The summed E-state index contributed by atoms with van der Waals surface area (Å²) in [6.07, 6.45) is 1.91. The Morgan fingerprint density at radius 2 is 1.84 bits per heavy atom. The average Bonchev–Trinajstić information content (AvgIpc) is 2.57. The molecule has 0 atom stereocenters. The van der Waals surface area contributed by atoms with Crippen molar-refractivity contribution in [3.05, 3.63) is 48.0 Å². The SMILES string of the molecule is CCCCNc1cc(C(=O)S)cc(N[SH](=O)=O)c1Oc1ccccc1. The molecule has 0 radical (unpaired) electrons. The van der Waals surface area contributed by atoms with Crippen LogP contribution < -0.4 is 14.8 Å². The van der Waals surface area contributed by atoms with Gasteiger partial charge in [0.05, 0.1) is 11.4 Å². The van der Waals surface area contributed by atoms with Gasteiger partial charge in [0, 0.05) is 12.1 Å². The van der Waals surface area contributed by atoms with Gasteiger partial charge in [-0.25, -0.2) is 8.42 Å². The van der Waals surface area contributed by atoms with Crippen LogP contribution in [-0.4, -0.2) is 20.1 Å². The number of carbonyl (C=O) groups excluding carboxylic acids is 1. The summed E-state index contributed by atoms with van der Waals surface area (Å²) in [5.41, 5.74) is 0.970. The highest BCUT2D eigenvalue weighted by atomic mass is 32.2. The lowest BCUT2D eigenvalue weighted by Gasteiger charge is -2.17. The van der Waals surface area contributed by atoms with Crippen molar-refractivity contribution >= 4 is 40.0 Å². The van der Waals surface area contributed by atoms with Crippen molar-refractivity contribution in [2.45, 2.75) is 19.8 Å². The van der Waals surface area contributed by atoms with Crippen LogP contribution in [0.5, 0.6) is 11.5 Å². The predicted molar refractivity (Wildman–Crippen MR) is 104 cm³/mol. The van der Waals surface area contributed by atoms with E-state index >= 15 is 0 Å². The Balaban J connectivity index is 2.50. The molecule has 0 bridgehead atoms. The molecule has 0 amide bonds. The summed E-state index contributed by atoms with van der Waals surface area (Å²) < 4.78 is 30.5. The topological polar surface area (TPSA) is 84.5 Å². The van der Waals surface area contributed by atoms with Crippen molar-refractivity contribution in [1.82, 2.24) is 0 Å². The largest absolute Gasteiger partial charge is 0.453 e. The van der Waals surface area contributed by atoms with Gasteiger partial charge in [0.2, 0.25) is 16.0 Å². The van der Waals surface area contributed by atoms with Crippen molar-refractivity contribution < 1.29 is 17.9 Å². The van der Waals surface area contributed by atoms with Crippen molar-refractivity contribution in [2.24, 2.45) is 0 Å². The summed E-state index contributed by atoms with van der Waals surface area (Å²) >= 11 is 3.83. The van der Waals surface area contributed by atoms with Crippen LogP contribution in [0.4, 0.5) is 11.4 Å². The van der Waals surface area contributed by atoms with Crippen LogP contribution in [0.15, 0.2) is 42.5 Å². The van der Waals surface area contributed by atoms with E-state index in [2.05, 4.69) is 29.6 Å². The lowest BCUT2D eigenvalue weighted by Crippen LogP contribution is -2.07. The molecule has 6 nitrogen and oxygen atoms in total. The molecule has 0 aliphatic carbocycles. The number of carbonyl (C=O) groups is 1. The number of anilines is 2. The molecule has 2 rings (SSSR count). The number of para-hydroxylation sites is 1. The second kappa shape index (κ2) is 9.33. The molecule has 8 heteroatoms. The number of rotatable bonds is 9. The first kappa shape index (κ1) is 19.1. The molecule has 0 saturated carbocycles. The Kier molecular flexibility index (Phi) is 7.15. The Morgan fingerprint density at radius 1 is 1.16 bits per heavy atom. The fourth-order valence-corrected chi connectivity index (χ4v) is 2.67. The zero-order valence-electron chi connectivity index (χ0n) is 13.7. The minimum Gasteiger partial charge on any atom is -0.453 e. The van der Waals surface area contributed by atoms with Crippen molar-refractivity contribution in [1.29, 1.82) is 0 Å². The monoisotopic (exact) mass is 380 g/mol. The van der Waals surface area contributed by atoms with Crippen LogP contribution in [0, 0.1) is 0 Å². The minimum absolute atomic E-state index is 0.180. The van der Waals surface area contributed by atoms with E-state index in [4.69, 9.17) is 4.74 Å². The summed E-state index contributed by atoms with van der Waals surface area (Å²) in [5, 5.41) is 2.73. The molecule has 0 heterocycles. The summed E-state index contributed by atoms with van der Waals surface area (Å²) in [5.74, 6) is 0.856. The number of nitrogens with one attached hydrogen (secondary N) is 2. The van der Waals surface area contributed by atoms with Crippen LogP contribution in [0.1, 0.15) is 30.1 Å². The third kappa shape index (κ3) is 5.68. The molecule has 2 N–H and O–H groups in total. The lowest BCUT2D eigenvalue weighted by molar-refractivity contribution is 0.109. The molecule has 134 valence electrons. The Morgan fingerprint density at radius 3 is 2.44 bits per heavy atom. The van der Waals surface area contributed by atoms with E-state index in [0.717, 1.165) is 12.8 Å². The predicted octanol–water partition coefficient (Wildman–Crippen LogP) is 3.70. The number of ether oxygens (including phenoxy) is 1. The van der Waals surface area contributed by atoms with Gasteiger partial charge in [-0.05, 0) is 30.7 Å². The molecule has 0 unspecified atom stereocenters.